The molecule has 1 fully saturated rings. The first-order chi connectivity index (χ1) is 20.7. The number of alkyl halides is 3. The first-order valence-electron chi connectivity index (χ1n) is 13.5. The number of sulfonamides is 1. The van der Waals surface area contributed by atoms with Gasteiger partial charge in [-0.15, -0.1) is 0 Å². The van der Waals surface area contributed by atoms with Crippen molar-refractivity contribution < 1.29 is 36.2 Å². The average Bonchev–Trinajstić information content (AvgIpc) is 3.42. The molecule has 3 heterocycles. The largest absolute Gasteiger partial charge is 0.497 e. The number of aryl methyl sites for hydroxylation is 1. The van der Waals surface area contributed by atoms with Crippen molar-refractivity contribution in [3.8, 4) is 5.75 Å². The third-order valence-corrected chi connectivity index (χ3v) is 8.14. The Labute approximate surface area is 252 Å². The van der Waals surface area contributed by atoms with Gasteiger partial charge in [0.05, 0.1) is 24.5 Å². The molecule has 0 radical (unpaired) electrons. The van der Waals surface area contributed by atoms with Gasteiger partial charge < -0.3 is 24.6 Å². The van der Waals surface area contributed by atoms with E-state index in [9.17, 15) is 21.6 Å². The van der Waals surface area contributed by atoms with E-state index in [1.54, 1.807) is 24.8 Å². The van der Waals surface area contributed by atoms with E-state index >= 15 is 0 Å². The van der Waals surface area contributed by atoms with E-state index in [-0.39, 0.29) is 10.8 Å². The summed E-state index contributed by atoms with van der Waals surface area (Å²) in [6, 6.07) is 13.3. The van der Waals surface area contributed by atoms with E-state index in [1.165, 1.54) is 12.5 Å². The van der Waals surface area contributed by atoms with Crippen LogP contribution in [0, 0.1) is 5.92 Å². The van der Waals surface area contributed by atoms with Gasteiger partial charge in [0.25, 0.3) is 10.0 Å². The zero-order valence-electron chi connectivity index (χ0n) is 24.2. The standard InChI is InChI=1S/C26H31N7O3S.C2HF3O2/c1-32-12-10-18(11-13-32)14-19-8-9-20(36-3)15-23(19)30-25-26(29-22-7-5-4-6-21(22)28-25)31-37(34,35)24-16-33(2)17-27-24;3-2(4,5)1(6)7/h4-9,15-18H,10-14H2,1-3H3,(H,28,30)(H,29,31);(H,6,7). The number of fused-ring (bicyclic) bond motifs is 1. The zero-order valence-corrected chi connectivity index (χ0v) is 25.0. The first kappa shape index (κ1) is 32.5. The third kappa shape index (κ3) is 8.35. The quantitative estimate of drug-likeness (QED) is 0.254. The molecule has 0 bridgehead atoms. The molecule has 0 unspecified atom stereocenters. The molecular weight excluding hydrogens is 603 g/mol. The van der Waals surface area contributed by atoms with E-state index in [1.807, 2.05) is 30.3 Å². The highest BCUT2D eigenvalue weighted by molar-refractivity contribution is 7.92. The van der Waals surface area contributed by atoms with Crippen LogP contribution < -0.4 is 14.8 Å². The number of ether oxygens (including phenoxy) is 1. The van der Waals surface area contributed by atoms with Crippen molar-refractivity contribution in [1.29, 1.82) is 0 Å². The minimum absolute atomic E-state index is 0.0948. The van der Waals surface area contributed by atoms with E-state index in [0.717, 1.165) is 43.6 Å². The number of carboxylic acid groups (broad SMARTS) is 1. The molecule has 5 rings (SSSR count). The van der Waals surface area contributed by atoms with Crippen LogP contribution in [0.5, 0.6) is 5.75 Å². The Kier molecular flexibility index (Phi) is 9.94. The molecule has 4 aromatic rings. The highest BCUT2D eigenvalue weighted by atomic mass is 32.2. The molecule has 0 atom stereocenters. The van der Waals surface area contributed by atoms with E-state index in [2.05, 4.69) is 38.0 Å². The fourth-order valence-electron chi connectivity index (χ4n) is 4.55. The zero-order chi connectivity index (χ0) is 32.1. The molecule has 3 N–H and O–H groups in total. The topological polar surface area (TPSA) is 152 Å². The van der Waals surface area contributed by atoms with Gasteiger partial charge in [-0.2, -0.15) is 21.6 Å². The monoisotopic (exact) mass is 635 g/mol. The fraction of sp³-hybridized carbons (Fsp3) is 0.357. The number of halogens is 3. The molecule has 44 heavy (non-hydrogen) atoms. The Morgan fingerprint density at radius 3 is 2.23 bits per heavy atom. The predicted molar refractivity (Wildman–Crippen MR) is 157 cm³/mol. The van der Waals surface area contributed by atoms with E-state index < -0.39 is 22.2 Å². The molecule has 0 aliphatic carbocycles. The maximum Gasteiger partial charge on any atom is 0.490 e. The number of carbonyl (C=O) groups is 1. The number of imidazole rings is 1. The fourth-order valence-corrected chi connectivity index (χ4v) is 5.54. The van der Waals surface area contributed by atoms with Crippen LogP contribution in [0.25, 0.3) is 11.0 Å². The normalized spacial score (nSPS) is 14.5. The Morgan fingerprint density at radius 2 is 1.68 bits per heavy atom. The van der Waals surface area contributed by atoms with E-state index in [0.29, 0.717) is 28.5 Å². The second kappa shape index (κ2) is 13.5. The highest BCUT2D eigenvalue weighted by Gasteiger charge is 2.38. The number of carboxylic acids is 1. The maximum atomic E-state index is 13.1. The number of methoxy groups -OCH3 is 1. The van der Waals surface area contributed by atoms with Crippen molar-refractivity contribution >= 4 is 44.3 Å². The number of benzene rings is 2. The van der Waals surface area contributed by atoms with Gasteiger partial charge in [-0.3, -0.25) is 4.72 Å². The Morgan fingerprint density at radius 1 is 1.07 bits per heavy atom. The average molecular weight is 636 g/mol. The number of hydrogen-bond acceptors (Lipinski definition) is 9. The summed E-state index contributed by atoms with van der Waals surface area (Å²) < 4.78 is 67.6. The molecule has 0 saturated carbocycles. The number of para-hydroxylation sites is 2. The van der Waals surface area contributed by atoms with Gasteiger partial charge >= 0.3 is 12.1 Å². The second-order valence-electron chi connectivity index (χ2n) is 10.3. The Hall–Kier alpha value is -4.44. The summed E-state index contributed by atoms with van der Waals surface area (Å²) in [4.78, 5) is 24.6. The molecule has 1 aliphatic rings. The molecule has 12 nitrogen and oxygen atoms in total. The van der Waals surface area contributed by atoms with Gasteiger partial charge in [0.2, 0.25) is 0 Å². The number of anilines is 3. The summed E-state index contributed by atoms with van der Waals surface area (Å²) in [6.45, 7) is 2.17. The summed E-state index contributed by atoms with van der Waals surface area (Å²) >= 11 is 0. The number of hydrogen-bond donors (Lipinski definition) is 3. The molecule has 2 aromatic heterocycles. The lowest BCUT2D eigenvalue weighted by Gasteiger charge is -2.29. The number of aliphatic carboxylic acids is 1. The van der Waals surface area contributed by atoms with Crippen molar-refractivity contribution in [2.75, 3.05) is 37.3 Å². The van der Waals surface area contributed by atoms with Crippen LogP contribution in [0.2, 0.25) is 0 Å². The van der Waals surface area contributed by atoms with Crippen molar-refractivity contribution in [2.24, 2.45) is 13.0 Å². The Bertz CT molecular complexity index is 1720. The number of nitrogens with one attached hydrogen (secondary N) is 2. The lowest BCUT2D eigenvalue weighted by molar-refractivity contribution is -0.192. The summed E-state index contributed by atoms with van der Waals surface area (Å²) in [5.41, 5.74) is 3.14. The molecule has 1 saturated heterocycles. The Balaban J connectivity index is 0.000000566. The van der Waals surface area contributed by atoms with Crippen molar-refractivity contribution in [3.05, 3.63) is 60.6 Å². The van der Waals surface area contributed by atoms with Crippen molar-refractivity contribution in [1.82, 2.24) is 24.4 Å². The molecule has 16 heteroatoms. The highest BCUT2D eigenvalue weighted by Crippen LogP contribution is 2.33. The van der Waals surface area contributed by atoms with Crippen LogP contribution in [0.4, 0.5) is 30.5 Å². The minimum Gasteiger partial charge on any atom is -0.497 e. The van der Waals surface area contributed by atoms with E-state index in [4.69, 9.17) is 19.6 Å². The van der Waals surface area contributed by atoms with Crippen molar-refractivity contribution in [2.45, 2.75) is 30.5 Å². The smallest absolute Gasteiger partial charge is 0.490 e. The van der Waals surface area contributed by atoms with Crippen molar-refractivity contribution in [3.63, 3.8) is 0 Å². The third-order valence-electron chi connectivity index (χ3n) is 6.92. The SMILES string of the molecule is COc1ccc(CC2CCN(C)CC2)c(Nc2nc3ccccc3nc2NS(=O)(=O)c2cn(C)cn2)c1.O=C(O)C(F)(F)F. The maximum absolute atomic E-state index is 13.1. The molecule has 236 valence electrons. The number of rotatable bonds is 8. The number of aromatic nitrogens is 4. The summed E-state index contributed by atoms with van der Waals surface area (Å²) in [5.74, 6) is -1.10. The van der Waals surface area contributed by atoms with Gasteiger partial charge in [-0.1, -0.05) is 18.2 Å². The minimum atomic E-state index is -5.08. The van der Waals surface area contributed by atoms with Gasteiger partial charge in [0, 0.05) is 25.0 Å². The summed E-state index contributed by atoms with van der Waals surface area (Å²) in [7, 11) is 1.51. The lowest BCUT2D eigenvalue weighted by atomic mass is 9.89. The van der Waals surface area contributed by atoms with Gasteiger partial charge in [-0.05, 0) is 69.1 Å². The van der Waals surface area contributed by atoms with Crippen LogP contribution in [0.3, 0.4) is 0 Å². The lowest BCUT2D eigenvalue weighted by Crippen LogP contribution is -2.31. The van der Waals surface area contributed by atoms with Crippen LogP contribution in [0.1, 0.15) is 18.4 Å². The molecule has 2 aromatic carbocycles. The second-order valence-corrected chi connectivity index (χ2v) is 11.9. The summed E-state index contributed by atoms with van der Waals surface area (Å²) in [5, 5.41) is 10.4. The number of likely N-dealkylation sites (tertiary alicyclic amines) is 1. The number of piperidine rings is 1. The first-order valence-corrected chi connectivity index (χ1v) is 14.9. The molecule has 0 spiro atoms. The van der Waals surface area contributed by atoms with Crippen LogP contribution in [0.15, 0.2) is 60.0 Å². The molecule has 1 aliphatic heterocycles. The molecular formula is C28H32F3N7O5S. The van der Waals surface area contributed by atoms with Gasteiger partial charge in [-0.25, -0.2) is 19.7 Å². The van der Waals surface area contributed by atoms with Gasteiger partial charge in [0.1, 0.15) is 5.75 Å². The van der Waals surface area contributed by atoms with Crippen LogP contribution in [-0.2, 0) is 28.3 Å². The van der Waals surface area contributed by atoms with Gasteiger partial charge in [0.15, 0.2) is 16.7 Å². The van der Waals surface area contributed by atoms with Crippen LogP contribution in [-0.4, -0.2) is 77.3 Å². The summed E-state index contributed by atoms with van der Waals surface area (Å²) in [6.07, 6.45) is 0.951. The van der Waals surface area contributed by atoms with Crippen LogP contribution >= 0.6 is 0 Å². The number of nitrogens with zero attached hydrogens (tertiary/aromatic N) is 5. The predicted octanol–water partition coefficient (Wildman–Crippen LogP) is 4.43. The molecule has 0 amide bonds.